The number of halogens is 2. The second-order valence-corrected chi connectivity index (χ2v) is 3.10. The Labute approximate surface area is 86.9 Å². The zero-order chi connectivity index (χ0) is 11.3. The number of rotatable bonds is 4. The average molecular weight is 214 g/mol. The molecule has 1 rings (SSSR count). The Hall–Kier alpha value is -1.45. The summed E-state index contributed by atoms with van der Waals surface area (Å²) in [6, 6.07) is 3.49. The van der Waals surface area contributed by atoms with Crippen LogP contribution in [0.2, 0.25) is 0 Å². The van der Waals surface area contributed by atoms with Gasteiger partial charge in [0.25, 0.3) is 0 Å². The molecule has 0 heterocycles. The quantitative estimate of drug-likeness (QED) is 0.719. The third-order valence-electron chi connectivity index (χ3n) is 1.85. The van der Waals surface area contributed by atoms with Crippen molar-refractivity contribution in [3.05, 3.63) is 35.4 Å². The molecular formula is C11H12F2O2. The van der Waals surface area contributed by atoms with E-state index in [1.807, 2.05) is 6.92 Å². The topological polar surface area (TPSA) is 26.3 Å². The number of hydrogen-bond donors (Lipinski definition) is 0. The molecule has 0 bridgehead atoms. The molecule has 4 heteroatoms. The zero-order valence-electron chi connectivity index (χ0n) is 8.43. The molecule has 0 fully saturated rings. The third kappa shape index (κ3) is 3.31. The van der Waals surface area contributed by atoms with Crippen LogP contribution < -0.4 is 0 Å². The molecule has 1 aromatic rings. The molecule has 15 heavy (non-hydrogen) atoms. The fraction of sp³-hybridized carbons (Fsp3) is 0.364. The van der Waals surface area contributed by atoms with Gasteiger partial charge in [0.05, 0.1) is 13.0 Å². The van der Waals surface area contributed by atoms with E-state index in [2.05, 4.69) is 0 Å². The summed E-state index contributed by atoms with van der Waals surface area (Å²) in [7, 11) is 0. The van der Waals surface area contributed by atoms with Gasteiger partial charge >= 0.3 is 5.97 Å². The fourth-order valence-electron chi connectivity index (χ4n) is 1.11. The van der Waals surface area contributed by atoms with E-state index in [4.69, 9.17) is 4.74 Å². The molecule has 1 aromatic carbocycles. The summed E-state index contributed by atoms with van der Waals surface area (Å²) in [5, 5.41) is 0. The van der Waals surface area contributed by atoms with Gasteiger partial charge in [0.1, 0.15) is 11.6 Å². The van der Waals surface area contributed by atoms with Crippen LogP contribution in [0.5, 0.6) is 0 Å². The van der Waals surface area contributed by atoms with Crippen molar-refractivity contribution < 1.29 is 18.3 Å². The maximum atomic E-state index is 13.1. The lowest BCUT2D eigenvalue weighted by Crippen LogP contribution is -2.11. The molecular weight excluding hydrogens is 202 g/mol. The number of carbonyl (C=O) groups excluding carboxylic acids is 1. The van der Waals surface area contributed by atoms with Gasteiger partial charge in [0.2, 0.25) is 0 Å². The minimum absolute atomic E-state index is 0.237. The Bertz CT molecular complexity index is 330. The first-order chi connectivity index (χ1) is 7.15. The van der Waals surface area contributed by atoms with Crippen LogP contribution in [0.25, 0.3) is 0 Å². The van der Waals surface area contributed by atoms with Crippen LogP contribution in [-0.2, 0) is 16.0 Å². The van der Waals surface area contributed by atoms with Gasteiger partial charge in [0, 0.05) is 5.56 Å². The first-order valence-electron chi connectivity index (χ1n) is 4.73. The molecule has 0 spiro atoms. The van der Waals surface area contributed by atoms with Crippen molar-refractivity contribution in [2.75, 3.05) is 6.61 Å². The predicted molar refractivity (Wildman–Crippen MR) is 51.3 cm³/mol. The number of ether oxygens (including phenoxy) is 1. The second kappa shape index (κ2) is 5.44. The zero-order valence-corrected chi connectivity index (χ0v) is 8.43. The Kier molecular flexibility index (Phi) is 4.21. The minimum Gasteiger partial charge on any atom is -0.465 e. The fourth-order valence-corrected chi connectivity index (χ4v) is 1.11. The summed E-state index contributed by atoms with van der Waals surface area (Å²) < 4.78 is 30.9. The predicted octanol–water partition coefficient (Wildman–Crippen LogP) is 2.46. The van der Waals surface area contributed by atoms with Crippen molar-refractivity contribution in [2.24, 2.45) is 0 Å². The molecule has 0 saturated heterocycles. The number of esters is 1. The summed E-state index contributed by atoms with van der Waals surface area (Å²) in [6.07, 6.45) is 0.323. The van der Waals surface area contributed by atoms with Crippen LogP contribution in [0, 0.1) is 11.6 Å². The molecule has 0 aliphatic rings. The molecule has 0 unspecified atom stereocenters. The van der Waals surface area contributed by atoms with Crippen LogP contribution in [0.1, 0.15) is 18.9 Å². The highest BCUT2D eigenvalue weighted by molar-refractivity contribution is 5.72. The molecule has 0 aliphatic heterocycles. The maximum Gasteiger partial charge on any atom is 0.310 e. The molecule has 0 aliphatic carbocycles. The summed E-state index contributed by atoms with van der Waals surface area (Å²) in [5.41, 5.74) is -0.237. The largest absolute Gasteiger partial charge is 0.465 e. The van der Waals surface area contributed by atoms with E-state index in [0.29, 0.717) is 6.42 Å². The van der Waals surface area contributed by atoms with Crippen molar-refractivity contribution >= 4 is 5.97 Å². The number of carbonyl (C=O) groups is 1. The van der Waals surface area contributed by atoms with E-state index in [1.165, 1.54) is 6.07 Å². The summed E-state index contributed by atoms with van der Waals surface area (Å²) in [5.74, 6) is -2.05. The van der Waals surface area contributed by atoms with Gasteiger partial charge in [0.15, 0.2) is 0 Å². The van der Waals surface area contributed by atoms with Crippen LogP contribution in [0.15, 0.2) is 18.2 Å². The summed E-state index contributed by atoms with van der Waals surface area (Å²) in [4.78, 5) is 11.1. The molecule has 0 radical (unpaired) electrons. The van der Waals surface area contributed by atoms with Gasteiger partial charge in [-0.15, -0.1) is 0 Å². The average Bonchev–Trinajstić information content (AvgIpc) is 2.21. The first kappa shape index (κ1) is 11.6. The van der Waals surface area contributed by atoms with Crippen molar-refractivity contribution in [1.82, 2.24) is 0 Å². The Morgan fingerprint density at radius 3 is 2.47 bits per heavy atom. The number of benzene rings is 1. The Morgan fingerprint density at radius 2 is 1.93 bits per heavy atom. The lowest BCUT2D eigenvalue weighted by Gasteiger charge is -2.05. The normalized spacial score (nSPS) is 10.1. The van der Waals surface area contributed by atoms with E-state index in [0.717, 1.165) is 12.1 Å². The molecule has 0 saturated carbocycles. The molecule has 82 valence electrons. The Morgan fingerprint density at radius 1 is 1.33 bits per heavy atom. The summed E-state index contributed by atoms with van der Waals surface area (Å²) in [6.45, 7) is 2.12. The van der Waals surface area contributed by atoms with E-state index >= 15 is 0 Å². The molecule has 0 amide bonds. The van der Waals surface area contributed by atoms with E-state index in [1.54, 1.807) is 0 Å². The van der Waals surface area contributed by atoms with Crippen molar-refractivity contribution in [3.8, 4) is 0 Å². The van der Waals surface area contributed by atoms with Crippen LogP contribution >= 0.6 is 0 Å². The van der Waals surface area contributed by atoms with Crippen LogP contribution in [-0.4, -0.2) is 12.6 Å². The Balaban J connectivity index is 2.68. The van der Waals surface area contributed by atoms with Crippen molar-refractivity contribution in [1.29, 1.82) is 0 Å². The molecule has 0 N–H and O–H groups in total. The monoisotopic (exact) mass is 214 g/mol. The third-order valence-corrected chi connectivity index (χ3v) is 1.85. The van der Waals surface area contributed by atoms with Gasteiger partial charge in [-0.1, -0.05) is 13.0 Å². The SMILES string of the molecule is CCCOC(=O)Cc1c(F)cccc1F. The molecule has 2 nitrogen and oxygen atoms in total. The maximum absolute atomic E-state index is 13.1. The smallest absolute Gasteiger partial charge is 0.310 e. The minimum atomic E-state index is -0.719. The van der Waals surface area contributed by atoms with Gasteiger partial charge in [-0.25, -0.2) is 8.78 Å². The lowest BCUT2D eigenvalue weighted by atomic mass is 10.1. The van der Waals surface area contributed by atoms with Gasteiger partial charge in [-0.2, -0.15) is 0 Å². The van der Waals surface area contributed by atoms with E-state index in [-0.39, 0.29) is 18.6 Å². The highest BCUT2D eigenvalue weighted by Gasteiger charge is 2.13. The number of hydrogen-bond acceptors (Lipinski definition) is 2. The highest BCUT2D eigenvalue weighted by atomic mass is 19.1. The molecule has 0 atom stereocenters. The van der Waals surface area contributed by atoms with Gasteiger partial charge in [-0.05, 0) is 18.6 Å². The van der Waals surface area contributed by atoms with Crippen molar-refractivity contribution in [3.63, 3.8) is 0 Å². The summed E-state index contributed by atoms with van der Waals surface area (Å²) >= 11 is 0. The van der Waals surface area contributed by atoms with Crippen molar-refractivity contribution in [2.45, 2.75) is 19.8 Å². The van der Waals surface area contributed by atoms with E-state index in [9.17, 15) is 13.6 Å². The first-order valence-corrected chi connectivity index (χ1v) is 4.73. The highest BCUT2D eigenvalue weighted by Crippen LogP contribution is 2.13. The standard InChI is InChI=1S/C11H12F2O2/c1-2-6-15-11(14)7-8-9(12)4-3-5-10(8)13/h3-5H,2,6-7H2,1H3. The lowest BCUT2D eigenvalue weighted by molar-refractivity contribution is -0.142. The second-order valence-electron chi connectivity index (χ2n) is 3.10. The van der Waals surface area contributed by atoms with Crippen LogP contribution in [0.4, 0.5) is 8.78 Å². The van der Waals surface area contributed by atoms with Crippen LogP contribution in [0.3, 0.4) is 0 Å². The van der Waals surface area contributed by atoms with Gasteiger partial charge in [-0.3, -0.25) is 4.79 Å². The van der Waals surface area contributed by atoms with E-state index < -0.39 is 17.6 Å². The molecule has 0 aromatic heterocycles. The van der Waals surface area contributed by atoms with Gasteiger partial charge < -0.3 is 4.74 Å².